The Balaban J connectivity index is 1.60. The van der Waals surface area contributed by atoms with E-state index in [0.29, 0.717) is 28.2 Å². The van der Waals surface area contributed by atoms with Crippen LogP contribution in [0, 0.1) is 13.8 Å². The largest absolute Gasteiger partial charge is 0.452 e. The van der Waals surface area contributed by atoms with Crippen LogP contribution in [-0.2, 0) is 6.42 Å². The number of hydrogen-bond donors (Lipinski definition) is 0. The Morgan fingerprint density at radius 1 is 1.00 bits per heavy atom. The lowest BCUT2D eigenvalue weighted by Crippen LogP contribution is -2.11. The van der Waals surface area contributed by atoms with E-state index in [-0.39, 0.29) is 11.5 Å². The number of aryl methyl sites for hydroxylation is 2. The standard InChI is InChI=1S/C26H22O4/c1-4-18-9-11-19(12-10-18)15-23-24(27)21-13-14-22(17(3)25(21)29-23)30-26(28)20-8-6-5-7-16(20)2/h5-15H,4H2,1-3H3/b23-15-. The van der Waals surface area contributed by atoms with Crippen LogP contribution in [0.1, 0.15) is 49.9 Å². The van der Waals surface area contributed by atoms with Crippen molar-refractivity contribution < 1.29 is 19.1 Å². The van der Waals surface area contributed by atoms with Crippen molar-refractivity contribution in [2.45, 2.75) is 27.2 Å². The van der Waals surface area contributed by atoms with Gasteiger partial charge in [-0.15, -0.1) is 0 Å². The van der Waals surface area contributed by atoms with E-state index in [1.807, 2.05) is 43.3 Å². The first-order valence-electron chi connectivity index (χ1n) is 9.92. The van der Waals surface area contributed by atoms with Gasteiger partial charge in [0.2, 0.25) is 5.78 Å². The molecule has 0 N–H and O–H groups in total. The van der Waals surface area contributed by atoms with Crippen LogP contribution in [0.5, 0.6) is 11.5 Å². The predicted molar refractivity (Wildman–Crippen MR) is 116 cm³/mol. The molecule has 0 amide bonds. The Hall–Kier alpha value is -3.66. The average Bonchev–Trinajstić information content (AvgIpc) is 3.07. The molecule has 0 radical (unpaired) electrons. The van der Waals surface area contributed by atoms with Gasteiger partial charge in [-0.1, -0.05) is 49.4 Å². The van der Waals surface area contributed by atoms with Crippen LogP contribution in [0.4, 0.5) is 0 Å². The molecule has 150 valence electrons. The van der Waals surface area contributed by atoms with Gasteiger partial charge in [0, 0.05) is 5.56 Å². The van der Waals surface area contributed by atoms with Crippen LogP contribution in [0.15, 0.2) is 66.4 Å². The van der Waals surface area contributed by atoms with Crippen LogP contribution in [0.3, 0.4) is 0 Å². The minimum Gasteiger partial charge on any atom is -0.452 e. The number of Topliss-reactive ketones (excluding diaryl/α,β-unsaturated/α-hetero) is 1. The third-order valence-electron chi connectivity index (χ3n) is 5.29. The van der Waals surface area contributed by atoms with Gasteiger partial charge in [0.1, 0.15) is 11.5 Å². The van der Waals surface area contributed by atoms with Crippen molar-refractivity contribution >= 4 is 17.8 Å². The maximum atomic E-state index is 12.8. The second kappa shape index (κ2) is 7.99. The molecule has 0 spiro atoms. The Labute approximate surface area is 175 Å². The Morgan fingerprint density at radius 3 is 2.43 bits per heavy atom. The fourth-order valence-corrected chi connectivity index (χ4v) is 3.44. The SMILES string of the molecule is CCc1ccc(/C=C2\Oc3c(ccc(OC(=O)c4ccccc4C)c3C)C2=O)cc1. The van der Waals surface area contributed by atoms with Gasteiger partial charge in [-0.3, -0.25) is 4.79 Å². The van der Waals surface area contributed by atoms with E-state index in [9.17, 15) is 9.59 Å². The zero-order chi connectivity index (χ0) is 21.3. The first-order valence-corrected chi connectivity index (χ1v) is 9.92. The molecule has 30 heavy (non-hydrogen) atoms. The van der Waals surface area contributed by atoms with Crippen molar-refractivity contribution in [3.63, 3.8) is 0 Å². The molecule has 1 aliphatic rings. The van der Waals surface area contributed by atoms with E-state index < -0.39 is 5.97 Å². The summed E-state index contributed by atoms with van der Waals surface area (Å²) in [5, 5.41) is 0. The van der Waals surface area contributed by atoms with Crippen molar-refractivity contribution in [1.82, 2.24) is 0 Å². The van der Waals surface area contributed by atoms with Crippen molar-refractivity contribution in [3.8, 4) is 11.5 Å². The molecule has 4 heteroatoms. The van der Waals surface area contributed by atoms with Gasteiger partial charge in [0.05, 0.1) is 11.1 Å². The van der Waals surface area contributed by atoms with Gasteiger partial charge < -0.3 is 9.47 Å². The van der Waals surface area contributed by atoms with E-state index >= 15 is 0 Å². The highest BCUT2D eigenvalue weighted by Gasteiger charge is 2.30. The van der Waals surface area contributed by atoms with E-state index in [2.05, 4.69) is 6.92 Å². The summed E-state index contributed by atoms with van der Waals surface area (Å²) in [6.45, 7) is 5.74. The number of rotatable bonds is 4. The topological polar surface area (TPSA) is 52.6 Å². The highest BCUT2D eigenvalue weighted by atomic mass is 16.5. The highest BCUT2D eigenvalue weighted by Crippen LogP contribution is 2.39. The normalized spacial score (nSPS) is 13.8. The maximum Gasteiger partial charge on any atom is 0.343 e. The van der Waals surface area contributed by atoms with Crippen molar-refractivity contribution in [1.29, 1.82) is 0 Å². The van der Waals surface area contributed by atoms with Crippen LogP contribution < -0.4 is 9.47 Å². The summed E-state index contributed by atoms with van der Waals surface area (Å²) in [7, 11) is 0. The fourth-order valence-electron chi connectivity index (χ4n) is 3.44. The molecule has 0 saturated carbocycles. The summed E-state index contributed by atoms with van der Waals surface area (Å²) in [5.41, 5.74) is 4.56. The van der Waals surface area contributed by atoms with Crippen molar-refractivity contribution in [2.24, 2.45) is 0 Å². The molecular weight excluding hydrogens is 376 g/mol. The second-order valence-electron chi connectivity index (χ2n) is 7.30. The van der Waals surface area contributed by atoms with Gasteiger partial charge in [-0.05, 0) is 61.2 Å². The third kappa shape index (κ3) is 3.64. The Kier molecular flexibility index (Phi) is 5.23. The number of fused-ring (bicyclic) bond motifs is 1. The lowest BCUT2D eigenvalue weighted by molar-refractivity contribution is 0.0732. The molecule has 3 aromatic rings. The second-order valence-corrected chi connectivity index (χ2v) is 7.30. The minimum absolute atomic E-state index is 0.176. The number of hydrogen-bond acceptors (Lipinski definition) is 4. The van der Waals surface area contributed by atoms with Crippen LogP contribution in [-0.4, -0.2) is 11.8 Å². The number of carbonyl (C=O) groups excluding carboxylic acids is 2. The number of carbonyl (C=O) groups is 2. The number of esters is 1. The van der Waals surface area contributed by atoms with Crippen molar-refractivity contribution in [3.05, 3.63) is 99.8 Å². The van der Waals surface area contributed by atoms with E-state index in [4.69, 9.17) is 9.47 Å². The monoisotopic (exact) mass is 398 g/mol. The third-order valence-corrected chi connectivity index (χ3v) is 5.29. The van der Waals surface area contributed by atoms with Gasteiger partial charge in [0.25, 0.3) is 0 Å². The van der Waals surface area contributed by atoms with E-state index in [1.165, 1.54) is 5.56 Å². The zero-order valence-corrected chi connectivity index (χ0v) is 17.2. The quantitative estimate of drug-likeness (QED) is 0.321. The van der Waals surface area contributed by atoms with Crippen molar-refractivity contribution in [2.75, 3.05) is 0 Å². The first kappa shape index (κ1) is 19.6. The Bertz CT molecular complexity index is 1170. The molecule has 4 rings (SSSR count). The van der Waals surface area contributed by atoms with Crippen LogP contribution in [0.2, 0.25) is 0 Å². The van der Waals surface area contributed by atoms with Gasteiger partial charge in [0.15, 0.2) is 5.76 Å². The molecule has 0 bridgehead atoms. The molecule has 0 saturated heterocycles. The molecule has 0 unspecified atom stereocenters. The van der Waals surface area contributed by atoms with E-state index in [1.54, 1.807) is 37.3 Å². The maximum absolute atomic E-state index is 12.8. The van der Waals surface area contributed by atoms with Gasteiger partial charge >= 0.3 is 5.97 Å². The number of ketones is 1. The summed E-state index contributed by atoms with van der Waals surface area (Å²) < 4.78 is 11.5. The smallest absolute Gasteiger partial charge is 0.343 e. The molecule has 0 aliphatic carbocycles. The lowest BCUT2D eigenvalue weighted by atomic mass is 10.0. The average molecular weight is 398 g/mol. The number of ether oxygens (including phenoxy) is 2. The van der Waals surface area contributed by atoms with E-state index in [0.717, 1.165) is 17.5 Å². The summed E-state index contributed by atoms with van der Waals surface area (Å²) in [6, 6.07) is 18.5. The molecule has 1 aliphatic heterocycles. The molecule has 0 atom stereocenters. The molecule has 0 fully saturated rings. The molecule has 0 aromatic heterocycles. The summed E-state index contributed by atoms with van der Waals surface area (Å²) in [4.78, 5) is 25.3. The highest BCUT2D eigenvalue weighted by molar-refractivity contribution is 6.15. The zero-order valence-electron chi connectivity index (χ0n) is 17.2. The fraction of sp³-hybridized carbons (Fsp3) is 0.154. The van der Waals surface area contributed by atoms with Gasteiger partial charge in [-0.25, -0.2) is 4.79 Å². The van der Waals surface area contributed by atoms with Crippen LogP contribution >= 0.6 is 0 Å². The molecule has 1 heterocycles. The molecule has 4 nitrogen and oxygen atoms in total. The molecular formula is C26H22O4. The number of benzene rings is 3. The number of allylic oxidation sites excluding steroid dienone is 1. The minimum atomic E-state index is -0.438. The summed E-state index contributed by atoms with van der Waals surface area (Å²) in [5.74, 6) is 0.464. The summed E-state index contributed by atoms with van der Waals surface area (Å²) in [6.07, 6.45) is 2.70. The first-order chi connectivity index (χ1) is 14.5. The van der Waals surface area contributed by atoms with Crippen LogP contribution in [0.25, 0.3) is 6.08 Å². The summed E-state index contributed by atoms with van der Waals surface area (Å²) >= 11 is 0. The Morgan fingerprint density at radius 2 is 1.73 bits per heavy atom. The lowest BCUT2D eigenvalue weighted by Gasteiger charge is -2.11. The molecule has 3 aromatic carbocycles. The van der Waals surface area contributed by atoms with Gasteiger partial charge in [-0.2, -0.15) is 0 Å². The predicted octanol–water partition coefficient (Wildman–Crippen LogP) is 5.70.